The van der Waals surface area contributed by atoms with Crippen LogP contribution in [0.3, 0.4) is 0 Å². The van der Waals surface area contributed by atoms with E-state index in [4.69, 9.17) is 14.2 Å². The van der Waals surface area contributed by atoms with Crippen LogP contribution in [0.15, 0.2) is 0 Å². The van der Waals surface area contributed by atoms with E-state index in [-0.39, 0.29) is 11.7 Å². The molecule has 4 saturated heterocycles. The van der Waals surface area contributed by atoms with Crippen molar-refractivity contribution in [2.45, 2.75) is 151 Å². The van der Waals surface area contributed by atoms with E-state index in [9.17, 15) is 4.79 Å². The first-order valence-corrected chi connectivity index (χ1v) is 18.7. The molecule has 2 aliphatic carbocycles. The summed E-state index contributed by atoms with van der Waals surface area (Å²) in [6.45, 7) is 32.2. The Morgan fingerprint density at radius 2 is 1.13 bits per heavy atom. The second-order valence-corrected chi connectivity index (χ2v) is 16.9. The van der Waals surface area contributed by atoms with Gasteiger partial charge in [0, 0.05) is 89.5 Å². The maximum absolute atomic E-state index is 11.8. The lowest BCUT2D eigenvalue weighted by atomic mass is 9.61. The number of methoxy groups -OCH3 is 2. The van der Waals surface area contributed by atoms with Crippen molar-refractivity contribution in [3.63, 3.8) is 0 Å². The van der Waals surface area contributed by atoms with Crippen LogP contribution in [0.4, 0.5) is 4.79 Å². The number of amides is 1. The maximum atomic E-state index is 11.8. The van der Waals surface area contributed by atoms with Crippen molar-refractivity contribution in [3.8, 4) is 0 Å². The van der Waals surface area contributed by atoms with Gasteiger partial charge in [-0.1, -0.05) is 34.1 Å². The third-order valence-electron chi connectivity index (χ3n) is 10.5. The molecule has 6 aliphatic rings. The molecule has 272 valence electrons. The first-order chi connectivity index (χ1) is 21.5. The molecule has 4 aliphatic heterocycles. The third-order valence-corrected chi connectivity index (χ3v) is 10.5. The fraction of sp³-hybridized carbons (Fsp3) is 0.974. The van der Waals surface area contributed by atoms with E-state index in [0.29, 0.717) is 34.5 Å². The number of carbonyl (C=O) groups excluding carboxylic acids is 1. The number of rotatable bonds is 4. The predicted octanol–water partition coefficient (Wildman–Crippen LogP) is 7.40. The molecule has 6 rings (SSSR count). The van der Waals surface area contributed by atoms with Gasteiger partial charge in [-0.25, -0.2) is 4.79 Å². The quantitative estimate of drug-likeness (QED) is 0.314. The molecule has 4 heterocycles. The van der Waals surface area contributed by atoms with Gasteiger partial charge >= 0.3 is 6.09 Å². The van der Waals surface area contributed by atoms with Gasteiger partial charge in [0.1, 0.15) is 5.60 Å². The zero-order chi connectivity index (χ0) is 34.9. The van der Waals surface area contributed by atoms with Crippen molar-refractivity contribution in [3.05, 3.63) is 0 Å². The zero-order valence-electron chi connectivity index (χ0n) is 32.8. The van der Waals surface area contributed by atoms with E-state index >= 15 is 0 Å². The van der Waals surface area contributed by atoms with Crippen molar-refractivity contribution in [1.82, 2.24) is 19.6 Å². The lowest BCUT2D eigenvalue weighted by Crippen LogP contribution is -2.73. The monoisotopic (exact) mass is 653 g/mol. The van der Waals surface area contributed by atoms with Crippen LogP contribution < -0.4 is 0 Å². The summed E-state index contributed by atoms with van der Waals surface area (Å²) in [5.74, 6) is 0. The van der Waals surface area contributed by atoms with Gasteiger partial charge in [-0.15, -0.1) is 0 Å². The van der Waals surface area contributed by atoms with Crippen molar-refractivity contribution in [1.29, 1.82) is 0 Å². The molecule has 2 saturated carbocycles. The van der Waals surface area contributed by atoms with E-state index < -0.39 is 0 Å². The van der Waals surface area contributed by atoms with Crippen LogP contribution >= 0.6 is 0 Å². The van der Waals surface area contributed by atoms with Crippen LogP contribution in [-0.2, 0) is 14.2 Å². The third kappa shape index (κ3) is 11.3. The van der Waals surface area contributed by atoms with Gasteiger partial charge in [-0.05, 0) is 99.5 Å². The van der Waals surface area contributed by atoms with E-state index in [0.717, 1.165) is 32.2 Å². The average molecular weight is 653 g/mol. The molecule has 0 radical (unpaired) electrons. The van der Waals surface area contributed by atoms with Gasteiger partial charge in [0.25, 0.3) is 0 Å². The first-order valence-electron chi connectivity index (χ1n) is 18.7. The highest BCUT2D eigenvalue weighted by Crippen LogP contribution is 2.50. The molecule has 46 heavy (non-hydrogen) atoms. The maximum Gasteiger partial charge on any atom is 0.410 e. The number of likely N-dealkylation sites (tertiary alicyclic amines) is 4. The zero-order valence-corrected chi connectivity index (χ0v) is 32.8. The highest BCUT2D eigenvalue weighted by Gasteiger charge is 2.54. The molecular formula is C38H76N4O4. The fourth-order valence-corrected chi connectivity index (χ4v) is 7.97. The molecule has 0 unspecified atom stereocenters. The van der Waals surface area contributed by atoms with Crippen LogP contribution in [0.1, 0.15) is 121 Å². The summed E-state index contributed by atoms with van der Waals surface area (Å²) < 4.78 is 16.0. The van der Waals surface area contributed by atoms with Crippen molar-refractivity contribution in [2.24, 2.45) is 16.2 Å². The summed E-state index contributed by atoms with van der Waals surface area (Å²) in [7, 11) is 5.89. The van der Waals surface area contributed by atoms with Gasteiger partial charge in [0.15, 0.2) is 0 Å². The summed E-state index contributed by atoms with van der Waals surface area (Å²) in [5.41, 5.74) is 1.36. The Balaban J connectivity index is 0.000000228. The van der Waals surface area contributed by atoms with Gasteiger partial charge in [-0.2, -0.15) is 0 Å². The predicted molar refractivity (Wildman–Crippen MR) is 193 cm³/mol. The molecule has 0 aromatic rings. The Bertz CT molecular complexity index is 860. The van der Waals surface area contributed by atoms with E-state index in [2.05, 4.69) is 63.3 Å². The molecule has 1 amide bonds. The molecule has 6 fully saturated rings. The molecule has 8 nitrogen and oxygen atoms in total. The Hall–Kier alpha value is -0.930. The molecule has 0 aromatic heterocycles. The largest absolute Gasteiger partial charge is 0.444 e. The summed E-state index contributed by atoms with van der Waals surface area (Å²) in [6, 6.07) is 1.36. The minimum atomic E-state index is -0.385. The van der Waals surface area contributed by atoms with Gasteiger partial charge in [-0.3, -0.25) is 9.80 Å². The number of hydrogen-bond donors (Lipinski definition) is 0. The molecule has 0 bridgehead atoms. The Labute approximate surface area is 285 Å². The Morgan fingerprint density at radius 3 is 1.48 bits per heavy atom. The van der Waals surface area contributed by atoms with Gasteiger partial charge < -0.3 is 24.0 Å². The molecule has 0 aromatic carbocycles. The standard InChI is InChI=1S/C13H24N2O2.2C10H19NO.C3H8.C2H6/c1-10(2)14-6-13(7-14)8-15(9-13)11(16)17-12(3,4)5;1-8(2)11-6-10(7-11)4-9(5-10)12-3;1-11-7-10(8-11)5-3-9(12-2)4-6-10;1-3-2;1-2/h10H,6-9H2,1-5H3;8-9H,4-7H2,1-3H3;9H,3-8H2,1-2H3;3H2,1-2H3;1-2H3. The van der Waals surface area contributed by atoms with Crippen LogP contribution in [0.5, 0.6) is 0 Å². The van der Waals surface area contributed by atoms with E-state index in [1.807, 2.05) is 53.7 Å². The summed E-state index contributed by atoms with van der Waals surface area (Å²) >= 11 is 0. The summed E-state index contributed by atoms with van der Waals surface area (Å²) in [6.07, 6.45) is 10.1. The number of hydrogen-bond acceptors (Lipinski definition) is 7. The lowest BCUT2D eigenvalue weighted by Gasteiger charge is -2.61. The molecule has 3 spiro atoms. The second kappa shape index (κ2) is 17.6. The van der Waals surface area contributed by atoms with Crippen molar-refractivity contribution < 1.29 is 19.0 Å². The van der Waals surface area contributed by atoms with E-state index in [1.54, 1.807) is 0 Å². The minimum absolute atomic E-state index is 0.161. The highest BCUT2D eigenvalue weighted by atomic mass is 16.6. The number of nitrogens with zero attached hydrogens (tertiary/aromatic N) is 4. The lowest BCUT2D eigenvalue weighted by molar-refractivity contribution is -0.148. The first kappa shape index (κ1) is 41.2. The fourth-order valence-electron chi connectivity index (χ4n) is 7.97. The van der Waals surface area contributed by atoms with Crippen LogP contribution in [0.25, 0.3) is 0 Å². The summed E-state index contributed by atoms with van der Waals surface area (Å²) in [5, 5.41) is 0. The smallest absolute Gasteiger partial charge is 0.410 e. The van der Waals surface area contributed by atoms with Crippen LogP contribution in [0, 0.1) is 16.2 Å². The Morgan fingerprint density at radius 1 is 0.717 bits per heavy atom. The van der Waals surface area contributed by atoms with Crippen LogP contribution in [0.2, 0.25) is 0 Å². The molecule has 8 heteroatoms. The summed E-state index contributed by atoms with van der Waals surface area (Å²) in [4.78, 5) is 21.0. The SMILES string of the molecule is CC.CC(C)N1CC2(CN(C(=O)OC(C)(C)C)C2)C1.CCC.COC1CC2(C1)CN(C(C)C)C2.COC1CCC2(CC1)CN(C)C2. The van der Waals surface area contributed by atoms with Gasteiger partial charge in [0.05, 0.1) is 12.2 Å². The Kier molecular flexibility index (Phi) is 15.8. The topological polar surface area (TPSA) is 57.7 Å². The second-order valence-electron chi connectivity index (χ2n) is 16.9. The van der Waals surface area contributed by atoms with Gasteiger partial charge in [0.2, 0.25) is 0 Å². The highest BCUT2D eigenvalue weighted by molar-refractivity contribution is 5.69. The minimum Gasteiger partial charge on any atom is -0.444 e. The average Bonchev–Trinajstić information content (AvgIpc) is 2.86. The molecular weight excluding hydrogens is 576 g/mol. The normalized spacial score (nSPS) is 25.9. The number of ether oxygens (including phenoxy) is 3. The van der Waals surface area contributed by atoms with E-state index in [1.165, 1.54) is 71.1 Å². The van der Waals surface area contributed by atoms with Crippen LogP contribution in [-0.4, -0.2) is 129 Å². The van der Waals surface area contributed by atoms with Crippen molar-refractivity contribution in [2.75, 3.05) is 73.6 Å². The van der Waals surface area contributed by atoms with Crippen molar-refractivity contribution >= 4 is 6.09 Å². The molecule has 0 atom stereocenters. The molecule has 0 N–H and O–H groups in total. The number of carbonyl (C=O) groups is 1.